The minimum atomic E-state index is -0.848. The van der Waals surface area contributed by atoms with Gasteiger partial charge in [0.2, 0.25) is 5.91 Å². The summed E-state index contributed by atoms with van der Waals surface area (Å²) in [4.78, 5) is 40.4. The average Bonchev–Trinajstić information content (AvgIpc) is 3.20. The third kappa shape index (κ3) is 4.78. The molecule has 2 aliphatic rings. The number of anilines is 1. The number of carbonyl (C=O) groups excluding carboxylic acids is 3. The van der Waals surface area contributed by atoms with E-state index < -0.39 is 29.0 Å². The van der Waals surface area contributed by atoms with Crippen molar-refractivity contribution >= 4 is 35.2 Å². The molecule has 0 bridgehead atoms. The van der Waals surface area contributed by atoms with E-state index >= 15 is 0 Å². The van der Waals surface area contributed by atoms with Crippen LogP contribution in [0.15, 0.2) is 64.5 Å². The lowest BCUT2D eigenvalue weighted by atomic mass is 9.82. The Bertz CT molecular complexity index is 1390. The molecule has 2 aromatic rings. The fourth-order valence-electron chi connectivity index (χ4n) is 4.42. The SMILES string of the molecule is COC(=O)C[C@@H]1SC2=C(C(=O)Nc3ccc(C)cc3C)[C@@H](c3ccc(OC)cc3)C(C#N)=C(N)N2C1=O. The Morgan fingerprint density at radius 2 is 1.86 bits per heavy atom. The number of nitriles is 1. The number of hydrogen-bond donors (Lipinski definition) is 2. The van der Waals surface area contributed by atoms with Crippen molar-refractivity contribution in [1.29, 1.82) is 5.26 Å². The van der Waals surface area contributed by atoms with Gasteiger partial charge in [0.05, 0.1) is 48.8 Å². The van der Waals surface area contributed by atoms with Crippen LogP contribution in [0.2, 0.25) is 0 Å². The van der Waals surface area contributed by atoms with Crippen molar-refractivity contribution in [2.75, 3.05) is 19.5 Å². The number of rotatable bonds is 6. The maximum Gasteiger partial charge on any atom is 0.307 e. The molecule has 0 saturated carbocycles. The molecule has 9 nitrogen and oxygen atoms in total. The second-order valence-corrected chi connectivity index (χ2v) is 9.86. The lowest BCUT2D eigenvalue weighted by Gasteiger charge is -2.32. The molecular formula is C27H26N4O5S. The molecule has 190 valence electrons. The number of nitrogens with two attached hydrogens (primary N) is 1. The number of allylic oxidation sites excluding steroid dienone is 1. The monoisotopic (exact) mass is 518 g/mol. The Hall–Kier alpha value is -4.23. The standard InChI is InChI=1S/C27H26N4O5S/c1-14-5-10-19(15(2)11-14)30-25(33)23-22(16-6-8-17(35-3)9-7-16)18(13-28)24(29)31-26(34)20(37-27(23)31)12-21(32)36-4/h5-11,20,22H,12,29H2,1-4H3,(H,30,33)/t20-,22-/m0/s1. The van der Waals surface area contributed by atoms with Crippen molar-refractivity contribution < 1.29 is 23.9 Å². The molecule has 4 rings (SSSR count). The summed E-state index contributed by atoms with van der Waals surface area (Å²) >= 11 is 1.07. The first-order valence-electron chi connectivity index (χ1n) is 11.4. The number of nitrogens with zero attached hydrogens (tertiary/aromatic N) is 2. The van der Waals surface area contributed by atoms with E-state index in [4.69, 9.17) is 15.2 Å². The van der Waals surface area contributed by atoms with Gasteiger partial charge in [0.15, 0.2) is 0 Å². The molecule has 0 aromatic heterocycles. The van der Waals surface area contributed by atoms with Crippen molar-refractivity contribution in [3.8, 4) is 11.8 Å². The van der Waals surface area contributed by atoms with Crippen LogP contribution in [-0.4, -0.2) is 42.2 Å². The molecule has 1 fully saturated rings. The summed E-state index contributed by atoms with van der Waals surface area (Å²) in [6.45, 7) is 3.84. The summed E-state index contributed by atoms with van der Waals surface area (Å²) in [5.41, 5.74) is 9.77. The van der Waals surface area contributed by atoms with E-state index in [1.807, 2.05) is 26.0 Å². The zero-order chi connectivity index (χ0) is 26.9. The van der Waals surface area contributed by atoms with Gasteiger partial charge in [0.25, 0.3) is 5.91 Å². The highest BCUT2D eigenvalue weighted by Crippen LogP contribution is 2.50. The number of carbonyl (C=O) groups is 3. The molecular weight excluding hydrogens is 492 g/mol. The topological polar surface area (TPSA) is 135 Å². The summed E-state index contributed by atoms with van der Waals surface area (Å²) in [6, 6.07) is 14.7. The summed E-state index contributed by atoms with van der Waals surface area (Å²) in [7, 11) is 2.78. The molecule has 2 amide bonds. The number of aryl methyl sites for hydroxylation is 2. The first-order valence-corrected chi connectivity index (χ1v) is 12.3. The Kier molecular flexibility index (Phi) is 7.27. The van der Waals surface area contributed by atoms with Gasteiger partial charge in [0.1, 0.15) is 16.8 Å². The highest BCUT2D eigenvalue weighted by molar-refractivity contribution is 8.04. The van der Waals surface area contributed by atoms with Gasteiger partial charge in [-0.1, -0.05) is 41.6 Å². The maximum absolute atomic E-state index is 13.9. The fourth-order valence-corrected chi connectivity index (χ4v) is 5.74. The summed E-state index contributed by atoms with van der Waals surface area (Å²) in [5, 5.41) is 12.5. The summed E-state index contributed by atoms with van der Waals surface area (Å²) < 4.78 is 10.0. The number of thioether (sulfide) groups is 1. The number of esters is 1. The van der Waals surface area contributed by atoms with Gasteiger partial charge in [0, 0.05) is 5.69 Å². The van der Waals surface area contributed by atoms with Crippen LogP contribution in [0, 0.1) is 25.2 Å². The van der Waals surface area contributed by atoms with Gasteiger partial charge in [-0.15, -0.1) is 0 Å². The number of nitrogens with one attached hydrogen (secondary N) is 1. The van der Waals surface area contributed by atoms with Crippen LogP contribution >= 0.6 is 11.8 Å². The Morgan fingerprint density at radius 3 is 2.46 bits per heavy atom. The van der Waals surface area contributed by atoms with Gasteiger partial charge in [-0.05, 0) is 43.2 Å². The van der Waals surface area contributed by atoms with Crippen molar-refractivity contribution in [3.05, 3.63) is 81.2 Å². The largest absolute Gasteiger partial charge is 0.497 e. The molecule has 2 heterocycles. The van der Waals surface area contributed by atoms with Crippen LogP contribution in [0.3, 0.4) is 0 Å². The first-order chi connectivity index (χ1) is 17.7. The zero-order valence-electron chi connectivity index (χ0n) is 20.8. The molecule has 10 heteroatoms. The quantitative estimate of drug-likeness (QED) is 0.555. The normalized spacial score (nSPS) is 18.9. The Labute approximate surface area is 218 Å². The zero-order valence-corrected chi connectivity index (χ0v) is 21.6. The number of hydrogen-bond acceptors (Lipinski definition) is 8. The van der Waals surface area contributed by atoms with Gasteiger partial charge in [-0.2, -0.15) is 5.26 Å². The average molecular weight is 519 g/mol. The fraction of sp³-hybridized carbons (Fsp3) is 0.259. The summed E-state index contributed by atoms with van der Waals surface area (Å²) in [6.07, 6.45) is -0.200. The van der Waals surface area contributed by atoms with Crippen molar-refractivity contribution in [1.82, 2.24) is 4.90 Å². The van der Waals surface area contributed by atoms with E-state index in [0.717, 1.165) is 22.9 Å². The van der Waals surface area contributed by atoms with E-state index in [1.165, 1.54) is 12.0 Å². The Balaban J connectivity index is 1.88. The predicted molar refractivity (Wildman–Crippen MR) is 139 cm³/mol. The minimum absolute atomic E-state index is 0.0624. The van der Waals surface area contributed by atoms with E-state index in [2.05, 4.69) is 11.4 Å². The molecule has 37 heavy (non-hydrogen) atoms. The number of benzene rings is 2. The van der Waals surface area contributed by atoms with Gasteiger partial charge in [-0.25, -0.2) is 0 Å². The van der Waals surface area contributed by atoms with Crippen LogP contribution in [-0.2, 0) is 19.1 Å². The van der Waals surface area contributed by atoms with Crippen LogP contribution in [0.5, 0.6) is 5.75 Å². The molecule has 1 saturated heterocycles. The lowest BCUT2D eigenvalue weighted by molar-refractivity contribution is -0.142. The lowest BCUT2D eigenvalue weighted by Crippen LogP contribution is -2.39. The minimum Gasteiger partial charge on any atom is -0.497 e. The van der Waals surface area contributed by atoms with E-state index in [1.54, 1.807) is 37.4 Å². The third-order valence-electron chi connectivity index (χ3n) is 6.30. The molecule has 0 unspecified atom stereocenters. The van der Waals surface area contributed by atoms with Crippen LogP contribution in [0.1, 0.15) is 29.0 Å². The molecule has 3 N–H and O–H groups in total. The Morgan fingerprint density at radius 1 is 1.16 bits per heavy atom. The van der Waals surface area contributed by atoms with Crippen molar-refractivity contribution in [3.63, 3.8) is 0 Å². The molecule has 2 aromatic carbocycles. The second kappa shape index (κ2) is 10.4. The first kappa shape index (κ1) is 25.9. The molecule has 2 atom stereocenters. The maximum atomic E-state index is 13.9. The van der Waals surface area contributed by atoms with Gasteiger partial charge in [-0.3, -0.25) is 19.3 Å². The van der Waals surface area contributed by atoms with Gasteiger partial charge < -0.3 is 20.5 Å². The molecule has 0 spiro atoms. The molecule has 2 aliphatic heterocycles. The third-order valence-corrected chi connectivity index (χ3v) is 7.58. The van der Waals surface area contributed by atoms with Crippen LogP contribution in [0.25, 0.3) is 0 Å². The smallest absolute Gasteiger partial charge is 0.307 e. The molecule has 0 radical (unpaired) electrons. The number of fused-ring (bicyclic) bond motifs is 1. The number of methoxy groups -OCH3 is 2. The van der Waals surface area contributed by atoms with Crippen LogP contribution < -0.4 is 15.8 Å². The summed E-state index contributed by atoms with van der Waals surface area (Å²) in [5.74, 6) is -1.83. The van der Waals surface area contributed by atoms with Gasteiger partial charge >= 0.3 is 5.97 Å². The van der Waals surface area contributed by atoms with Crippen molar-refractivity contribution in [2.45, 2.75) is 31.4 Å². The van der Waals surface area contributed by atoms with E-state index in [0.29, 0.717) is 22.0 Å². The molecule has 0 aliphatic carbocycles. The van der Waals surface area contributed by atoms with Crippen molar-refractivity contribution in [2.24, 2.45) is 5.73 Å². The highest BCUT2D eigenvalue weighted by Gasteiger charge is 2.48. The highest BCUT2D eigenvalue weighted by atomic mass is 32.2. The predicted octanol–water partition coefficient (Wildman–Crippen LogP) is 3.46. The number of amides is 2. The number of ether oxygens (including phenoxy) is 2. The second-order valence-electron chi connectivity index (χ2n) is 8.67. The van der Waals surface area contributed by atoms with E-state index in [9.17, 15) is 19.6 Å². The van der Waals surface area contributed by atoms with E-state index in [-0.39, 0.29) is 23.4 Å². The van der Waals surface area contributed by atoms with Crippen LogP contribution in [0.4, 0.5) is 5.69 Å².